The largest absolute Gasteiger partial charge is 0.458 e. The number of hydrogen-bond acceptors (Lipinski definition) is 6. The molecule has 1 heterocycles. The quantitative estimate of drug-likeness (QED) is 0.166. The van der Waals surface area contributed by atoms with E-state index in [0.717, 1.165) is 21.9 Å². The van der Waals surface area contributed by atoms with E-state index in [9.17, 15) is 9.59 Å². The van der Waals surface area contributed by atoms with Crippen molar-refractivity contribution >= 4 is 44.4 Å². The number of rotatable bonds is 7. The Morgan fingerprint density at radius 1 is 0.857 bits per heavy atom. The Bertz CT molecular complexity index is 1880. The molecule has 0 fully saturated rings. The van der Waals surface area contributed by atoms with Gasteiger partial charge in [0.2, 0.25) is 0 Å². The van der Waals surface area contributed by atoms with Crippen molar-refractivity contribution in [2.24, 2.45) is 0 Å². The minimum Gasteiger partial charge on any atom is -0.458 e. The summed E-state index contributed by atoms with van der Waals surface area (Å²) in [4.78, 5) is 26.1. The van der Waals surface area contributed by atoms with Gasteiger partial charge in [-0.1, -0.05) is 90.1 Å². The van der Waals surface area contributed by atoms with Gasteiger partial charge in [-0.2, -0.15) is 0 Å². The Balaban J connectivity index is 1.30. The van der Waals surface area contributed by atoms with Crippen LogP contribution in [0.1, 0.15) is 39.3 Å². The average molecular weight is 561 g/mol. The molecule has 1 amide bonds. The van der Waals surface area contributed by atoms with Crippen LogP contribution in [-0.4, -0.2) is 38.7 Å². The van der Waals surface area contributed by atoms with Crippen LogP contribution in [0.25, 0.3) is 43.6 Å². The SMILES string of the molecule is C[C@H]([C@H](NC(=O)OCc1ccccc1)C(=O)OC(C)(C)C)n1cc(-c2ccc3ccc4cccc5ccc2c3c45)nn1. The first-order valence-corrected chi connectivity index (χ1v) is 14.0. The summed E-state index contributed by atoms with van der Waals surface area (Å²) >= 11 is 0. The van der Waals surface area contributed by atoms with E-state index in [0.29, 0.717) is 5.69 Å². The molecule has 212 valence electrons. The van der Waals surface area contributed by atoms with Crippen molar-refractivity contribution in [3.8, 4) is 11.3 Å². The van der Waals surface area contributed by atoms with Gasteiger partial charge in [-0.3, -0.25) is 0 Å². The smallest absolute Gasteiger partial charge is 0.408 e. The highest BCUT2D eigenvalue weighted by atomic mass is 16.6. The van der Waals surface area contributed by atoms with Gasteiger partial charge in [-0.05, 0) is 65.6 Å². The lowest BCUT2D eigenvalue weighted by atomic mass is 9.91. The Kier molecular flexibility index (Phi) is 6.98. The predicted octanol–water partition coefficient (Wildman–Crippen LogP) is 7.04. The molecule has 2 atom stereocenters. The van der Waals surface area contributed by atoms with Crippen LogP contribution in [-0.2, 0) is 20.9 Å². The highest BCUT2D eigenvalue weighted by Crippen LogP contribution is 2.38. The maximum absolute atomic E-state index is 13.3. The summed E-state index contributed by atoms with van der Waals surface area (Å²) in [6.07, 6.45) is 1.07. The summed E-state index contributed by atoms with van der Waals surface area (Å²) in [5.74, 6) is -0.591. The van der Waals surface area contributed by atoms with Crippen molar-refractivity contribution in [1.82, 2.24) is 20.3 Å². The van der Waals surface area contributed by atoms with Crippen LogP contribution in [0.5, 0.6) is 0 Å². The first-order valence-electron chi connectivity index (χ1n) is 14.0. The van der Waals surface area contributed by atoms with Crippen LogP contribution >= 0.6 is 0 Å². The number of carbonyl (C=O) groups excluding carboxylic acids is 2. The zero-order chi connectivity index (χ0) is 29.4. The van der Waals surface area contributed by atoms with E-state index < -0.39 is 29.7 Å². The topological polar surface area (TPSA) is 95.3 Å². The number of benzene rings is 5. The van der Waals surface area contributed by atoms with Crippen molar-refractivity contribution in [3.05, 3.63) is 96.7 Å². The summed E-state index contributed by atoms with van der Waals surface area (Å²) in [6.45, 7) is 7.20. The van der Waals surface area contributed by atoms with Gasteiger partial charge in [0.05, 0.1) is 12.2 Å². The first kappa shape index (κ1) is 27.2. The Morgan fingerprint density at radius 2 is 1.52 bits per heavy atom. The van der Waals surface area contributed by atoms with Crippen LogP contribution in [0.4, 0.5) is 4.79 Å². The fraction of sp³-hybridized carbons (Fsp3) is 0.235. The maximum atomic E-state index is 13.3. The Morgan fingerprint density at radius 3 is 2.24 bits per heavy atom. The van der Waals surface area contributed by atoms with Gasteiger partial charge in [0.15, 0.2) is 6.04 Å². The van der Waals surface area contributed by atoms with E-state index in [1.54, 1.807) is 38.6 Å². The zero-order valence-electron chi connectivity index (χ0n) is 24.0. The van der Waals surface area contributed by atoms with Crippen LogP contribution < -0.4 is 5.32 Å². The molecule has 0 spiro atoms. The molecule has 5 aromatic carbocycles. The van der Waals surface area contributed by atoms with Gasteiger partial charge in [0.25, 0.3) is 0 Å². The molecule has 0 bridgehead atoms. The molecule has 0 saturated carbocycles. The van der Waals surface area contributed by atoms with E-state index in [1.165, 1.54) is 21.5 Å². The number of ether oxygens (including phenoxy) is 2. The van der Waals surface area contributed by atoms with Crippen LogP contribution in [0.15, 0.2) is 91.1 Å². The predicted molar refractivity (Wildman–Crippen MR) is 163 cm³/mol. The van der Waals surface area contributed by atoms with Gasteiger partial charge in [0.1, 0.15) is 17.9 Å². The number of carbonyl (C=O) groups is 2. The molecule has 0 radical (unpaired) electrons. The summed E-state index contributed by atoms with van der Waals surface area (Å²) < 4.78 is 12.6. The Hall–Kier alpha value is -4.98. The minimum atomic E-state index is -1.07. The van der Waals surface area contributed by atoms with Gasteiger partial charge < -0.3 is 14.8 Å². The number of alkyl carbamates (subject to hydrolysis) is 1. The molecule has 42 heavy (non-hydrogen) atoms. The lowest BCUT2D eigenvalue weighted by Gasteiger charge is -2.27. The van der Waals surface area contributed by atoms with E-state index >= 15 is 0 Å². The fourth-order valence-corrected chi connectivity index (χ4v) is 5.34. The number of nitrogens with one attached hydrogen (secondary N) is 1. The molecule has 1 aromatic heterocycles. The zero-order valence-corrected chi connectivity index (χ0v) is 24.0. The van der Waals surface area contributed by atoms with Gasteiger partial charge in [0, 0.05) is 5.56 Å². The van der Waals surface area contributed by atoms with Gasteiger partial charge in [-0.15, -0.1) is 5.10 Å². The van der Waals surface area contributed by atoms with E-state index in [-0.39, 0.29) is 6.61 Å². The second-order valence-corrected chi connectivity index (χ2v) is 11.5. The van der Waals surface area contributed by atoms with Crippen molar-refractivity contribution in [1.29, 1.82) is 0 Å². The van der Waals surface area contributed by atoms with Crippen LogP contribution in [0.2, 0.25) is 0 Å². The minimum absolute atomic E-state index is 0.0736. The number of esters is 1. The van der Waals surface area contributed by atoms with Gasteiger partial charge in [-0.25, -0.2) is 14.3 Å². The lowest BCUT2D eigenvalue weighted by Crippen LogP contribution is -2.48. The van der Waals surface area contributed by atoms with E-state index in [1.807, 2.05) is 36.4 Å². The summed E-state index contributed by atoms with van der Waals surface area (Å²) in [5.41, 5.74) is 1.68. The van der Waals surface area contributed by atoms with Crippen molar-refractivity contribution in [3.63, 3.8) is 0 Å². The molecule has 6 aromatic rings. The summed E-state index contributed by atoms with van der Waals surface area (Å²) in [6, 6.07) is 26.7. The van der Waals surface area contributed by atoms with Crippen molar-refractivity contribution in [2.45, 2.75) is 52.0 Å². The normalized spacial score (nSPS) is 13.3. The number of hydrogen-bond donors (Lipinski definition) is 1. The molecule has 8 nitrogen and oxygen atoms in total. The number of nitrogens with zero attached hydrogens (tertiary/aromatic N) is 3. The number of aromatic nitrogens is 3. The van der Waals surface area contributed by atoms with E-state index in [4.69, 9.17) is 9.47 Å². The summed E-state index contributed by atoms with van der Waals surface area (Å²) in [5, 5.41) is 18.5. The molecule has 6 rings (SSSR count). The van der Waals surface area contributed by atoms with Crippen molar-refractivity contribution < 1.29 is 19.1 Å². The molecule has 1 N–H and O–H groups in total. The molecule has 0 unspecified atom stereocenters. The lowest BCUT2D eigenvalue weighted by molar-refractivity contribution is -0.158. The molecule has 0 aliphatic heterocycles. The monoisotopic (exact) mass is 560 g/mol. The highest BCUT2D eigenvalue weighted by Gasteiger charge is 2.34. The molecule has 8 heteroatoms. The summed E-state index contributed by atoms with van der Waals surface area (Å²) in [7, 11) is 0. The standard InChI is InChI=1S/C34H32N4O4/c1-21(31(32(39)42-34(2,3)4)35-33(40)41-20-22-9-6-5-7-10-22)38-19-28(36-37-38)26-17-15-25-14-13-23-11-8-12-24-16-18-27(26)30(25)29(23)24/h5-19,21,31H,20H2,1-4H3,(H,35,40)/t21-,31+/m1/s1. The first-order chi connectivity index (χ1) is 20.2. The second kappa shape index (κ2) is 10.8. The highest BCUT2D eigenvalue weighted by molar-refractivity contribution is 6.25. The fourth-order valence-electron chi connectivity index (χ4n) is 5.34. The molecule has 0 aliphatic carbocycles. The van der Waals surface area contributed by atoms with Crippen molar-refractivity contribution in [2.75, 3.05) is 0 Å². The maximum Gasteiger partial charge on any atom is 0.408 e. The molecule has 0 saturated heterocycles. The van der Waals surface area contributed by atoms with Gasteiger partial charge >= 0.3 is 12.1 Å². The third kappa shape index (κ3) is 5.35. The van der Waals surface area contributed by atoms with Crippen LogP contribution in [0.3, 0.4) is 0 Å². The average Bonchev–Trinajstić information content (AvgIpc) is 3.47. The third-order valence-electron chi connectivity index (χ3n) is 7.36. The molecule has 0 aliphatic rings. The third-order valence-corrected chi connectivity index (χ3v) is 7.36. The second-order valence-electron chi connectivity index (χ2n) is 11.5. The molecular weight excluding hydrogens is 528 g/mol. The number of amides is 1. The van der Waals surface area contributed by atoms with Crippen LogP contribution in [0, 0.1) is 0 Å². The van der Waals surface area contributed by atoms with E-state index in [2.05, 4.69) is 64.2 Å². The molecular formula is C34H32N4O4. The Labute approximate surface area is 243 Å².